The van der Waals surface area contributed by atoms with Crippen molar-refractivity contribution in [3.05, 3.63) is 99.6 Å². The lowest BCUT2D eigenvalue weighted by Crippen LogP contribution is -2.14. The van der Waals surface area contributed by atoms with Gasteiger partial charge in [0.15, 0.2) is 0 Å². The first-order valence-corrected chi connectivity index (χ1v) is 9.77. The highest BCUT2D eigenvalue weighted by Gasteiger charge is 2.14. The van der Waals surface area contributed by atoms with Crippen LogP contribution in [0.5, 0.6) is 0 Å². The molecule has 0 radical (unpaired) electrons. The molecule has 0 bridgehead atoms. The fraction of sp³-hybridized carbons (Fsp3) is 0.0435. The number of nitro groups is 1. The van der Waals surface area contributed by atoms with E-state index in [0.717, 1.165) is 5.56 Å². The van der Waals surface area contributed by atoms with Crippen molar-refractivity contribution < 1.29 is 18.9 Å². The summed E-state index contributed by atoms with van der Waals surface area (Å²) < 4.78 is 5.41. The van der Waals surface area contributed by atoms with Crippen LogP contribution in [0.15, 0.2) is 77.2 Å². The van der Waals surface area contributed by atoms with Gasteiger partial charge in [-0.15, -0.1) is 5.10 Å². The molecule has 164 valence electrons. The molecule has 3 aromatic carbocycles. The molecular weight excluding hydrogens is 426 g/mol. The summed E-state index contributed by atoms with van der Waals surface area (Å²) in [5.41, 5.74) is 2.85. The number of carbonyl (C=O) groups excluding carboxylic acids is 2. The molecule has 10 heteroatoms. The lowest BCUT2D eigenvalue weighted by Gasteiger charge is -2.07. The monoisotopic (exact) mass is 443 g/mol. The van der Waals surface area contributed by atoms with E-state index < -0.39 is 10.8 Å². The Morgan fingerprint density at radius 1 is 0.818 bits per heavy atom. The van der Waals surface area contributed by atoms with Crippen molar-refractivity contribution in [2.75, 3.05) is 10.6 Å². The highest BCUT2D eigenvalue weighted by Crippen LogP contribution is 2.23. The molecule has 2 amide bonds. The van der Waals surface area contributed by atoms with Gasteiger partial charge in [0.25, 0.3) is 17.5 Å². The molecule has 10 nitrogen and oxygen atoms in total. The Kier molecular flexibility index (Phi) is 5.90. The van der Waals surface area contributed by atoms with E-state index in [4.69, 9.17) is 4.42 Å². The SMILES string of the molecule is Cc1ccc(C(=O)Nc2ccc(C(=O)Nc3nnc(-c4ccc([N+](=O)[O-])cc4)o3)cc2)cc1. The summed E-state index contributed by atoms with van der Waals surface area (Å²) in [6, 6.07) is 19.0. The van der Waals surface area contributed by atoms with Crippen LogP contribution in [0.25, 0.3) is 11.5 Å². The maximum atomic E-state index is 12.5. The summed E-state index contributed by atoms with van der Waals surface area (Å²) in [4.78, 5) is 35.0. The molecule has 4 aromatic rings. The van der Waals surface area contributed by atoms with E-state index in [0.29, 0.717) is 22.4 Å². The average Bonchev–Trinajstić information content (AvgIpc) is 3.28. The summed E-state index contributed by atoms with van der Waals surface area (Å²) in [5, 5.41) is 23.6. The zero-order chi connectivity index (χ0) is 23.4. The fourth-order valence-electron chi connectivity index (χ4n) is 2.90. The van der Waals surface area contributed by atoms with E-state index in [1.54, 1.807) is 36.4 Å². The zero-order valence-electron chi connectivity index (χ0n) is 17.3. The number of carbonyl (C=O) groups is 2. The van der Waals surface area contributed by atoms with Crippen molar-refractivity contribution in [3.8, 4) is 11.5 Å². The Morgan fingerprint density at radius 2 is 1.39 bits per heavy atom. The van der Waals surface area contributed by atoms with E-state index in [1.165, 1.54) is 24.3 Å². The molecular formula is C23H17N5O5. The van der Waals surface area contributed by atoms with Crippen LogP contribution < -0.4 is 10.6 Å². The normalized spacial score (nSPS) is 10.5. The van der Waals surface area contributed by atoms with Crippen molar-refractivity contribution in [1.82, 2.24) is 10.2 Å². The van der Waals surface area contributed by atoms with Gasteiger partial charge in [-0.3, -0.25) is 25.0 Å². The van der Waals surface area contributed by atoms with Gasteiger partial charge < -0.3 is 9.73 Å². The van der Waals surface area contributed by atoms with Gasteiger partial charge in [0.2, 0.25) is 5.89 Å². The van der Waals surface area contributed by atoms with E-state index in [9.17, 15) is 19.7 Å². The number of aryl methyl sites for hydroxylation is 1. The van der Waals surface area contributed by atoms with Gasteiger partial charge in [0.1, 0.15) is 0 Å². The first kappa shape index (κ1) is 21.4. The maximum Gasteiger partial charge on any atom is 0.322 e. The van der Waals surface area contributed by atoms with Gasteiger partial charge in [0, 0.05) is 34.5 Å². The summed E-state index contributed by atoms with van der Waals surface area (Å²) in [7, 11) is 0. The molecule has 0 fully saturated rings. The summed E-state index contributed by atoms with van der Waals surface area (Å²) in [5.74, 6) is -0.628. The summed E-state index contributed by atoms with van der Waals surface area (Å²) in [6.45, 7) is 1.94. The second-order valence-corrected chi connectivity index (χ2v) is 7.07. The van der Waals surface area contributed by atoms with Crippen molar-refractivity contribution in [2.45, 2.75) is 6.92 Å². The molecule has 0 unspecified atom stereocenters. The minimum atomic E-state index is -0.511. The van der Waals surface area contributed by atoms with E-state index in [1.807, 2.05) is 19.1 Å². The lowest BCUT2D eigenvalue weighted by molar-refractivity contribution is -0.384. The Labute approximate surface area is 187 Å². The highest BCUT2D eigenvalue weighted by atomic mass is 16.6. The highest BCUT2D eigenvalue weighted by molar-refractivity contribution is 6.05. The number of non-ortho nitro benzene ring substituents is 1. The van der Waals surface area contributed by atoms with Gasteiger partial charge in [-0.05, 0) is 55.5 Å². The second kappa shape index (κ2) is 9.10. The number of hydrogen-bond donors (Lipinski definition) is 2. The van der Waals surface area contributed by atoms with Crippen LogP contribution in [-0.4, -0.2) is 26.9 Å². The first-order chi connectivity index (χ1) is 15.9. The first-order valence-electron chi connectivity index (χ1n) is 9.77. The summed E-state index contributed by atoms with van der Waals surface area (Å²) >= 11 is 0. The lowest BCUT2D eigenvalue weighted by atomic mass is 10.1. The average molecular weight is 443 g/mol. The number of aromatic nitrogens is 2. The van der Waals surface area contributed by atoms with Gasteiger partial charge in [-0.1, -0.05) is 22.8 Å². The van der Waals surface area contributed by atoms with Crippen LogP contribution in [-0.2, 0) is 0 Å². The van der Waals surface area contributed by atoms with Crippen LogP contribution in [0.4, 0.5) is 17.4 Å². The molecule has 0 aliphatic carbocycles. The third-order valence-electron chi connectivity index (χ3n) is 4.69. The van der Waals surface area contributed by atoms with Gasteiger partial charge >= 0.3 is 6.01 Å². The van der Waals surface area contributed by atoms with Crippen LogP contribution in [0.1, 0.15) is 26.3 Å². The number of nitro benzene ring substituents is 1. The standard InChI is InChI=1S/C23H17N5O5/c1-14-2-4-15(5-3-14)20(29)24-18-10-6-16(7-11-18)21(30)25-23-27-26-22(33-23)17-8-12-19(13-9-17)28(31)32/h2-13H,1H3,(H,24,29)(H,25,27,30). The van der Waals surface area contributed by atoms with Crippen molar-refractivity contribution >= 4 is 29.2 Å². The van der Waals surface area contributed by atoms with Crippen LogP contribution in [0, 0.1) is 17.0 Å². The predicted octanol–water partition coefficient (Wildman–Crippen LogP) is 4.46. The van der Waals surface area contributed by atoms with E-state index >= 15 is 0 Å². The third kappa shape index (κ3) is 5.07. The van der Waals surface area contributed by atoms with Crippen molar-refractivity contribution in [3.63, 3.8) is 0 Å². The molecule has 0 atom stereocenters. The Balaban J connectivity index is 1.38. The number of benzene rings is 3. The molecule has 1 aromatic heterocycles. The van der Waals surface area contributed by atoms with Crippen LogP contribution >= 0.6 is 0 Å². The molecule has 0 saturated carbocycles. The number of amides is 2. The smallest absolute Gasteiger partial charge is 0.322 e. The van der Waals surface area contributed by atoms with Crippen molar-refractivity contribution in [2.24, 2.45) is 0 Å². The van der Waals surface area contributed by atoms with Crippen LogP contribution in [0.3, 0.4) is 0 Å². The van der Waals surface area contributed by atoms with Crippen LogP contribution in [0.2, 0.25) is 0 Å². The minimum absolute atomic E-state index is 0.0645. The predicted molar refractivity (Wildman–Crippen MR) is 120 cm³/mol. The molecule has 33 heavy (non-hydrogen) atoms. The minimum Gasteiger partial charge on any atom is -0.403 e. The molecule has 0 spiro atoms. The zero-order valence-corrected chi connectivity index (χ0v) is 17.3. The Hall–Kier alpha value is -4.86. The molecule has 4 rings (SSSR count). The largest absolute Gasteiger partial charge is 0.403 e. The number of rotatable bonds is 6. The number of anilines is 2. The molecule has 2 N–H and O–H groups in total. The van der Waals surface area contributed by atoms with Gasteiger partial charge in [0.05, 0.1) is 4.92 Å². The molecule has 0 aliphatic heterocycles. The molecule has 0 saturated heterocycles. The van der Waals surface area contributed by atoms with Crippen molar-refractivity contribution in [1.29, 1.82) is 0 Å². The molecule has 1 heterocycles. The second-order valence-electron chi connectivity index (χ2n) is 7.07. The number of nitrogens with one attached hydrogen (secondary N) is 2. The summed E-state index contributed by atoms with van der Waals surface area (Å²) in [6.07, 6.45) is 0. The fourth-order valence-corrected chi connectivity index (χ4v) is 2.90. The van der Waals surface area contributed by atoms with Gasteiger partial charge in [-0.2, -0.15) is 0 Å². The van der Waals surface area contributed by atoms with Gasteiger partial charge in [-0.25, -0.2) is 0 Å². The van der Waals surface area contributed by atoms with E-state index in [2.05, 4.69) is 20.8 Å². The van der Waals surface area contributed by atoms with E-state index in [-0.39, 0.29) is 23.5 Å². The molecule has 0 aliphatic rings. The third-order valence-corrected chi connectivity index (χ3v) is 4.69. The topological polar surface area (TPSA) is 140 Å². The quantitative estimate of drug-likeness (QED) is 0.331. The Morgan fingerprint density at radius 3 is 2.00 bits per heavy atom. The Bertz CT molecular complexity index is 1310. The maximum absolute atomic E-state index is 12.5. The number of hydrogen-bond acceptors (Lipinski definition) is 7. The number of nitrogens with zero attached hydrogens (tertiary/aromatic N) is 3.